The van der Waals surface area contributed by atoms with Gasteiger partial charge in [0, 0.05) is 10.5 Å². The Bertz CT molecular complexity index is 701. The lowest BCUT2D eigenvalue weighted by Crippen LogP contribution is -2.41. The Morgan fingerprint density at radius 3 is 2.54 bits per heavy atom. The van der Waals surface area contributed by atoms with Gasteiger partial charge < -0.3 is 18.9 Å². The zero-order valence-corrected chi connectivity index (χ0v) is 17.8. The first-order chi connectivity index (χ1) is 11.6. The number of hydrogen-bond donors (Lipinski definition) is 0. The molecule has 4 nitrogen and oxygen atoms in total. The molecule has 3 aliphatic rings. The van der Waals surface area contributed by atoms with E-state index >= 15 is 0 Å². The molecule has 0 N–H and O–H groups in total. The summed E-state index contributed by atoms with van der Waals surface area (Å²) in [6.07, 6.45) is 2.59. The molecule has 8 heteroatoms. The molecule has 2 fully saturated rings. The Kier molecular flexibility index (Phi) is 5.28. The molecule has 0 bridgehead atoms. The third-order valence-electron chi connectivity index (χ3n) is 4.09. The van der Waals surface area contributed by atoms with Crippen molar-refractivity contribution in [1.29, 1.82) is 0 Å². The molecule has 0 aliphatic carbocycles. The van der Waals surface area contributed by atoms with Crippen molar-refractivity contribution in [1.82, 2.24) is 0 Å². The first-order valence-electron chi connectivity index (χ1n) is 7.65. The first kappa shape index (κ1) is 17.7. The minimum atomic E-state index is -0.990. The van der Waals surface area contributed by atoms with E-state index in [1.807, 2.05) is 0 Å². The fraction of sp³-hybridized carbons (Fsp3) is 0.500. The van der Waals surface area contributed by atoms with Gasteiger partial charge in [0.25, 0.3) is 0 Å². The highest BCUT2D eigenvalue weighted by Gasteiger charge is 2.52. The Labute approximate surface area is 165 Å². The average molecular weight is 496 g/mol. The summed E-state index contributed by atoms with van der Waals surface area (Å²) in [7, 11) is 0. The molecule has 3 aliphatic heterocycles. The van der Waals surface area contributed by atoms with E-state index in [-0.39, 0.29) is 0 Å². The van der Waals surface area contributed by atoms with Crippen LogP contribution < -0.4 is 0 Å². The van der Waals surface area contributed by atoms with Crippen molar-refractivity contribution < 1.29 is 18.9 Å². The monoisotopic (exact) mass is 494 g/mol. The predicted octanol–water partition coefficient (Wildman–Crippen LogP) is 5.19. The van der Waals surface area contributed by atoms with E-state index in [0.29, 0.717) is 26.4 Å². The van der Waals surface area contributed by atoms with Gasteiger partial charge >= 0.3 is 0 Å². The lowest BCUT2D eigenvalue weighted by Gasteiger charge is -2.32. The van der Waals surface area contributed by atoms with Crippen LogP contribution in [0.25, 0.3) is 4.91 Å². The Hall–Kier alpha value is 0.330. The van der Waals surface area contributed by atoms with Gasteiger partial charge in [0.05, 0.1) is 38.9 Å². The third kappa shape index (κ3) is 3.09. The van der Waals surface area contributed by atoms with E-state index in [1.165, 1.54) is 10.5 Å². The number of rotatable bonds is 3. The van der Waals surface area contributed by atoms with E-state index < -0.39 is 12.1 Å². The lowest BCUT2D eigenvalue weighted by atomic mass is 10.0. The van der Waals surface area contributed by atoms with Crippen LogP contribution in [-0.2, 0) is 24.7 Å². The molecule has 0 atom stereocenters. The van der Waals surface area contributed by atoms with Gasteiger partial charge in [-0.25, -0.2) is 0 Å². The number of hydrogen-bond acceptors (Lipinski definition) is 6. The summed E-state index contributed by atoms with van der Waals surface area (Å²) in [6.45, 7) is 4.35. The topological polar surface area (TPSA) is 36.9 Å². The molecule has 24 heavy (non-hydrogen) atoms. The maximum Gasteiger partial charge on any atom is 0.249 e. The summed E-state index contributed by atoms with van der Waals surface area (Å²) in [5, 5.41) is 0. The van der Waals surface area contributed by atoms with Crippen molar-refractivity contribution in [2.75, 3.05) is 26.4 Å². The predicted molar refractivity (Wildman–Crippen MR) is 103 cm³/mol. The molecular formula is C16H16Br2O4S2. The van der Waals surface area contributed by atoms with Gasteiger partial charge in [0.1, 0.15) is 0 Å². The van der Waals surface area contributed by atoms with Crippen LogP contribution in [0.3, 0.4) is 0 Å². The Morgan fingerprint density at radius 2 is 1.83 bits per heavy atom. The van der Waals surface area contributed by atoms with Gasteiger partial charge in [-0.05, 0) is 51.3 Å². The molecule has 0 radical (unpaired) electrons. The van der Waals surface area contributed by atoms with E-state index in [1.54, 1.807) is 23.1 Å². The highest BCUT2D eigenvalue weighted by molar-refractivity contribution is 9.14. The van der Waals surface area contributed by atoms with Crippen LogP contribution in [0.5, 0.6) is 0 Å². The van der Waals surface area contributed by atoms with Crippen molar-refractivity contribution in [3.8, 4) is 0 Å². The van der Waals surface area contributed by atoms with E-state index in [4.69, 9.17) is 18.9 Å². The van der Waals surface area contributed by atoms with Gasteiger partial charge in [-0.3, -0.25) is 0 Å². The van der Waals surface area contributed by atoms with Crippen molar-refractivity contribution in [2.45, 2.75) is 25.4 Å². The highest BCUT2D eigenvalue weighted by Crippen LogP contribution is 2.52. The first-order valence-corrected chi connectivity index (χ1v) is 10.9. The Morgan fingerprint density at radius 1 is 1.12 bits per heavy atom. The standard InChI is InChI=1S/C16H16Br2O4S2/c1-9-2-3-11(17)23-13(9)14-10(8-12(18)24-14)16(21-6-7-22-16)15-19-4-5-20-15/h3,8,15H,2,4-7H2,1H3. The van der Waals surface area contributed by atoms with E-state index in [0.717, 1.165) is 24.5 Å². The minimum absolute atomic E-state index is 0.533. The fourth-order valence-electron chi connectivity index (χ4n) is 3.01. The highest BCUT2D eigenvalue weighted by atomic mass is 79.9. The van der Waals surface area contributed by atoms with Crippen LogP contribution in [0.1, 0.15) is 23.8 Å². The smallest absolute Gasteiger partial charge is 0.249 e. The van der Waals surface area contributed by atoms with Crippen molar-refractivity contribution in [2.24, 2.45) is 0 Å². The molecule has 0 saturated carbocycles. The lowest BCUT2D eigenvalue weighted by molar-refractivity contribution is -0.289. The van der Waals surface area contributed by atoms with Crippen molar-refractivity contribution in [3.05, 3.63) is 35.8 Å². The van der Waals surface area contributed by atoms with Crippen LogP contribution in [-0.4, -0.2) is 32.7 Å². The molecule has 0 amide bonds. The van der Waals surface area contributed by atoms with Gasteiger partial charge in [-0.1, -0.05) is 23.4 Å². The zero-order valence-electron chi connectivity index (χ0n) is 13.0. The zero-order chi connectivity index (χ0) is 16.7. The maximum atomic E-state index is 6.07. The molecule has 0 unspecified atom stereocenters. The van der Waals surface area contributed by atoms with Crippen LogP contribution in [0.15, 0.2) is 25.3 Å². The second kappa shape index (κ2) is 7.15. The van der Waals surface area contributed by atoms with Crippen molar-refractivity contribution in [3.63, 3.8) is 0 Å². The quantitative estimate of drug-likeness (QED) is 0.576. The van der Waals surface area contributed by atoms with Crippen LogP contribution in [0.2, 0.25) is 0 Å². The molecular weight excluding hydrogens is 480 g/mol. The number of halogens is 2. The largest absolute Gasteiger partial charge is 0.345 e. The van der Waals surface area contributed by atoms with E-state index in [2.05, 4.69) is 50.9 Å². The summed E-state index contributed by atoms with van der Waals surface area (Å²) in [5.74, 6) is -0.990. The molecule has 1 aromatic rings. The summed E-state index contributed by atoms with van der Waals surface area (Å²) in [4.78, 5) is 2.39. The number of thioether (sulfide) groups is 1. The summed E-state index contributed by atoms with van der Waals surface area (Å²) in [6, 6.07) is 2.07. The number of thiophene rings is 1. The molecule has 0 spiro atoms. The second-order valence-electron chi connectivity index (χ2n) is 5.66. The number of allylic oxidation sites excluding steroid dienone is 2. The van der Waals surface area contributed by atoms with Gasteiger partial charge in [0.2, 0.25) is 12.1 Å². The van der Waals surface area contributed by atoms with Crippen LogP contribution in [0.4, 0.5) is 0 Å². The fourth-order valence-corrected chi connectivity index (χ4v) is 6.39. The second-order valence-corrected chi connectivity index (χ2v) is 10.5. The molecule has 130 valence electrons. The average Bonchev–Trinajstić information content (AvgIpc) is 3.28. The maximum absolute atomic E-state index is 6.07. The molecule has 4 rings (SSSR count). The summed E-state index contributed by atoms with van der Waals surface area (Å²) in [5.41, 5.74) is 2.31. The molecule has 2 saturated heterocycles. The Balaban J connectivity index is 1.81. The summed E-state index contributed by atoms with van der Waals surface area (Å²) < 4.78 is 25.9. The SMILES string of the molecule is CC1=C(c2sc(Br)cc2C2(C3OCCO3)OCCO2)SC(Br)=CC1. The molecule has 0 aromatic carbocycles. The third-order valence-corrected chi connectivity index (χ3v) is 7.80. The van der Waals surface area contributed by atoms with Gasteiger partial charge in [-0.15, -0.1) is 11.3 Å². The van der Waals surface area contributed by atoms with Gasteiger partial charge in [-0.2, -0.15) is 0 Å². The molecule has 1 aromatic heterocycles. The van der Waals surface area contributed by atoms with Crippen LogP contribution in [0, 0.1) is 0 Å². The molecule has 4 heterocycles. The van der Waals surface area contributed by atoms with E-state index in [9.17, 15) is 0 Å². The van der Waals surface area contributed by atoms with Gasteiger partial charge in [0.15, 0.2) is 0 Å². The minimum Gasteiger partial charge on any atom is -0.345 e. The summed E-state index contributed by atoms with van der Waals surface area (Å²) >= 11 is 10.7. The van der Waals surface area contributed by atoms with Crippen molar-refractivity contribution >= 4 is 59.9 Å². The normalized spacial score (nSPS) is 24.7. The van der Waals surface area contributed by atoms with Crippen LogP contribution >= 0.6 is 55.0 Å². The number of ether oxygens (including phenoxy) is 4.